The fraction of sp³-hybridized carbons (Fsp3) is 0.375. The van der Waals surface area contributed by atoms with Crippen molar-refractivity contribution in [3.05, 3.63) is 28.0 Å². The zero-order valence-electron chi connectivity index (χ0n) is 14.0. The van der Waals surface area contributed by atoms with Crippen LogP contribution in [0.25, 0.3) is 10.9 Å². The van der Waals surface area contributed by atoms with Gasteiger partial charge in [0.15, 0.2) is 11.5 Å². The third kappa shape index (κ3) is 4.01. The molecule has 0 saturated carbocycles. The van der Waals surface area contributed by atoms with E-state index in [4.69, 9.17) is 14.6 Å². The van der Waals surface area contributed by atoms with Crippen LogP contribution in [0.4, 0.5) is 0 Å². The number of methoxy groups -OCH3 is 2. The van der Waals surface area contributed by atoms with Gasteiger partial charge in [0, 0.05) is 31.1 Å². The lowest BCUT2D eigenvalue weighted by Gasteiger charge is -2.12. The van der Waals surface area contributed by atoms with Crippen LogP contribution in [0.15, 0.2) is 16.9 Å². The Hall–Kier alpha value is -2.78. The maximum absolute atomic E-state index is 12.2. The molecule has 0 fully saturated rings. The van der Waals surface area contributed by atoms with E-state index in [-0.39, 0.29) is 24.1 Å². The SMILES string of the molecule is COc1cc2[nH]c(=O)c(C(=O)NCCNCCO)c(O)c2cc1OC. The van der Waals surface area contributed by atoms with Gasteiger partial charge in [0.1, 0.15) is 11.3 Å². The number of fused-ring (bicyclic) bond motifs is 1. The van der Waals surface area contributed by atoms with Gasteiger partial charge in [-0.15, -0.1) is 0 Å². The summed E-state index contributed by atoms with van der Waals surface area (Å²) in [5.41, 5.74) is -0.763. The number of aromatic hydroxyl groups is 1. The van der Waals surface area contributed by atoms with Crippen LogP contribution >= 0.6 is 0 Å². The fourth-order valence-corrected chi connectivity index (χ4v) is 2.37. The van der Waals surface area contributed by atoms with Crippen molar-refractivity contribution in [1.82, 2.24) is 15.6 Å². The maximum Gasteiger partial charge on any atom is 0.265 e. The number of hydrogen-bond acceptors (Lipinski definition) is 7. The van der Waals surface area contributed by atoms with Crippen molar-refractivity contribution in [2.75, 3.05) is 40.5 Å². The van der Waals surface area contributed by atoms with Gasteiger partial charge in [0.25, 0.3) is 11.5 Å². The van der Waals surface area contributed by atoms with Crippen molar-refractivity contribution >= 4 is 16.8 Å². The number of aromatic amines is 1. The summed E-state index contributed by atoms with van der Waals surface area (Å²) in [7, 11) is 2.90. The lowest BCUT2D eigenvalue weighted by Crippen LogP contribution is -2.35. The molecule has 0 aliphatic rings. The number of nitrogens with one attached hydrogen (secondary N) is 3. The number of hydrogen-bond donors (Lipinski definition) is 5. The number of aromatic nitrogens is 1. The third-order valence-electron chi connectivity index (χ3n) is 3.59. The van der Waals surface area contributed by atoms with E-state index in [2.05, 4.69) is 15.6 Å². The minimum Gasteiger partial charge on any atom is -0.506 e. The van der Waals surface area contributed by atoms with Gasteiger partial charge < -0.3 is 35.3 Å². The standard InChI is InChI=1S/C16H21N3O6/c1-24-11-7-9-10(8-12(11)25-2)19-16(23)13(14(9)21)15(22)18-4-3-17-5-6-20/h7-8,17,20H,3-6H2,1-2H3,(H,18,22)(H2,19,21,23). The first-order valence-electron chi connectivity index (χ1n) is 7.64. The molecule has 0 saturated heterocycles. The van der Waals surface area contributed by atoms with Crippen LogP contribution in [-0.4, -0.2) is 61.6 Å². The Kier molecular flexibility index (Phi) is 6.20. The molecule has 0 aliphatic carbocycles. The molecular weight excluding hydrogens is 330 g/mol. The first-order valence-corrected chi connectivity index (χ1v) is 7.64. The summed E-state index contributed by atoms with van der Waals surface area (Å²) in [5.74, 6) is -0.379. The number of aliphatic hydroxyl groups is 1. The van der Waals surface area contributed by atoms with Crippen molar-refractivity contribution in [1.29, 1.82) is 0 Å². The molecule has 0 spiro atoms. The molecule has 1 aromatic heterocycles. The molecule has 0 atom stereocenters. The summed E-state index contributed by atoms with van der Waals surface area (Å²) in [6, 6.07) is 2.99. The number of carbonyl (C=O) groups excluding carboxylic acids is 1. The monoisotopic (exact) mass is 351 g/mol. The Balaban J connectivity index is 2.34. The van der Waals surface area contributed by atoms with E-state index in [1.807, 2.05) is 0 Å². The van der Waals surface area contributed by atoms with Crippen LogP contribution in [0, 0.1) is 0 Å². The summed E-state index contributed by atoms with van der Waals surface area (Å²) in [5, 5.41) is 24.7. The Morgan fingerprint density at radius 2 is 1.84 bits per heavy atom. The lowest BCUT2D eigenvalue weighted by molar-refractivity contribution is 0.0950. The molecule has 25 heavy (non-hydrogen) atoms. The van der Waals surface area contributed by atoms with Crippen molar-refractivity contribution < 1.29 is 24.5 Å². The summed E-state index contributed by atoms with van der Waals surface area (Å²) < 4.78 is 10.3. The largest absolute Gasteiger partial charge is 0.506 e. The predicted molar refractivity (Wildman–Crippen MR) is 91.6 cm³/mol. The van der Waals surface area contributed by atoms with Crippen LogP contribution in [0.2, 0.25) is 0 Å². The summed E-state index contributed by atoms with van der Waals surface area (Å²) in [4.78, 5) is 27.0. The molecule has 1 aromatic carbocycles. The Morgan fingerprint density at radius 1 is 1.16 bits per heavy atom. The van der Waals surface area contributed by atoms with Crippen molar-refractivity contribution in [2.45, 2.75) is 0 Å². The van der Waals surface area contributed by atoms with E-state index >= 15 is 0 Å². The van der Waals surface area contributed by atoms with E-state index in [1.165, 1.54) is 26.4 Å². The normalized spacial score (nSPS) is 10.7. The molecule has 1 heterocycles. The molecule has 2 aromatic rings. The molecule has 9 heteroatoms. The molecule has 9 nitrogen and oxygen atoms in total. The van der Waals surface area contributed by atoms with Crippen LogP contribution in [-0.2, 0) is 0 Å². The minimum absolute atomic E-state index is 0.00955. The molecular formula is C16H21N3O6. The second kappa shape index (κ2) is 8.36. The van der Waals surface area contributed by atoms with Gasteiger partial charge in [-0.25, -0.2) is 0 Å². The molecule has 5 N–H and O–H groups in total. The smallest absolute Gasteiger partial charge is 0.265 e. The van der Waals surface area contributed by atoms with Gasteiger partial charge >= 0.3 is 0 Å². The fourth-order valence-electron chi connectivity index (χ4n) is 2.37. The highest BCUT2D eigenvalue weighted by Crippen LogP contribution is 2.35. The van der Waals surface area contributed by atoms with Crippen LogP contribution in [0.5, 0.6) is 17.2 Å². The van der Waals surface area contributed by atoms with Gasteiger partial charge in [-0.05, 0) is 6.07 Å². The van der Waals surface area contributed by atoms with E-state index in [9.17, 15) is 14.7 Å². The number of aliphatic hydroxyl groups excluding tert-OH is 1. The quantitative estimate of drug-likeness (QED) is 0.407. The molecule has 136 valence electrons. The second-order valence-electron chi connectivity index (χ2n) is 5.16. The van der Waals surface area contributed by atoms with E-state index in [1.54, 1.807) is 0 Å². The number of H-pyrrole nitrogens is 1. The van der Waals surface area contributed by atoms with Crippen molar-refractivity contribution in [2.24, 2.45) is 0 Å². The molecule has 0 aliphatic heterocycles. The molecule has 0 unspecified atom stereocenters. The van der Waals surface area contributed by atoms with Gasteiger partial charge in [-0.3, -0.25) is 9.59 Å². The van der Waals surface area contributed by atoms with Gasteiger partial charge in [0.05, 0.1) is 26.3 Å². The van der Waals surface area contributed by atoms with Crippen LogP contribution in [0.1, 0.15) is 10.4 Å². The maximum atomic E-state index is 12.2. The Bertz CT molecular complexity index is 818. The predicted octanol–water partition coefficient (Wildman–Crippen LogP) is -0.437. The second-order valence-corrected chi connectivity index (χ2v) is 5.16. The zero-order valence-corrected chi connectivity index (χ0v) is 14.0. The van der Waals surface area contributed by atoms with Crippen molar-refractivity contribution in [3.63, 3.8) is 0 Å². The average molecular weight is 351 g/mol. The van der Waals surface area contributed by atoms with E-state index in [0.717, 1.165) is 0 Å². The third-order valence-corrected chi connectivity index (χ3v) is 3.59. The Morgan fingerprint density at radius 3 is 2.48 bits per heavy atom. The first-order chi connectivity index (χ1) is 12.0. The lowest BCUT2D eigenvalue weighted by atomic mass is 10.1. The number of rotatable bonds is 8. The van der Waals surface area contributed by atoms with Crippen LogP contribution < -0.4 is 25.7 Å². The number of amides is 1. The summed E-state index contributed by atoms with van der Waals surface area (Å²) in [6.07, 6.45) is 0. The highest BCUT2D eigenvalue weighted by molar-refractivity contribution is 6.02. The van der Waals surface area contributed by atoms with Gasteiger partial charge in [-0.2, -0.15) is 0 Å². The zero-order chi connectivity index (χ0) is 18.4. The van der Waals surface area contributed by atoms with Crippen molar-refractivity contribution in [3.8, 4) is 17.2 Å². The molecule has 0 bridgehead atoms. The number of benzene rings is 1. The molecule has 2 rings (SSSR count). The van der Waals surface area contributed by atoms with Gasteiger partial charge in [0.2, 0.25) is 0 Å². The molecule has 0 radical (unpaired) electrons. The number of carbonyl (C=O) groups is 1. The summed E-state index contributed by atoms with van der Waals surface area (Å²) in [6.45, 7) is 1.05. The highest BCUT2D eigenvalue weighted by Gasteiger charge is 2.20. The number of ether oxygens (including phenoxy) is 2. The topological polar surface area (TPSA) is 133 Å². The average Bonchev–Trinajstić information content (AvgIpc) is 2.60. The minimum atomic E-state index is -0.710. The van der Waals surface area contributed by atoms with Crippen LogP contribution in [0.3, 0.4) is 0 Å². The van der Waals surface area contributed by atoms with E-state index < -0.39 is 17.2 Å². The Labute approximate surface area is 143 Å². The summed E-state index contributed by atoms with van der Waals surface area (Å²) >= 11 is 0. The highest BCUT2D eigenvalue weighted by atomic mass is 16.5. The first kappa shape index (κ1) is 18.6. The van der Waals surface area contributed by atoms with Gasteiger partial charge in [-0.1, -0.05) is 0 Å². The number of pyridine rings is 1. The van der Waals surface area contributed by atoms with E-state index in [0.29, 0.717) is 30.1 Å². The molecule has 1 amide bonds.